The van der Waals surface area contributed by atoms with Crippen molar-refractivity contribution >= 4 is 11.9 Å². The molecule has 0 aromatic carbocycles. The molecule has 4 nitrogen and oxygen atoms in total. The highest BCUT2D eigenvalue weighted by Crippen LogP contribution is 2.10. The maximum absolute atomic E-state index is 11.3. The Kier molecular flexibility index (Phi) is 6.92. The van der Waals surface area contributed by atoms with Crippen LogP contribution in [0.15, 0.2) is 24.3 Å². The van der Waals surface area contributed by atoms with Crippen molar-refractivity contribution in [2.45, 2.75) is 26.2 Å². The monoisotopic (exact) mass is 226 g/mol. The summed E-state index contributed by atoms with van der Waals surface area (Å²) < 4.78 is 9.39. The highest BCUT2D eigenvalue weighted by atomic mass is 16.5. The second-order valence-corrected chi connectivity index (χ2v) is 3.36. The summed E-state index contributed by atoms with van der Waals surface area (Å²) in [6, 6.07) is 0. The standard InChI is InChI=1S/C12H18O4/c1-5-6-7-16-12(14)10(3)8-9(2)11(13)15-4/h2-3,5-8H2,1,4H3. The van der Waals surface area contributed by atoms with E-state index in [2.05, 4.69) is 17.9 Å². The van der Waals surface area contributed by atoms with Crippen molar-refractivity contribution < 1.29 is 19.1 Å². The molecule has 0 heterocycles. The van der Waals surface area contributed by atoms with E-state index < -0.39 is 11.9 Å². The molecule has 0 atom stereocenters. The topological polar surface area (TPSA) is 52.6 Å². The zero-order chi connectivity index (χ0) is 12.6. The van der Waals surface area contributed by atoms with E-state index in [1.54, 1.807) is 0 Å². The van der Waals surface area contributed by atoms with Crippen LogP contribution in [0.25, 0.3) is 0 Å². The fraction of sp³-hybridized carbons (Fsp3) is 0.500. The Bertz CT molecular complexity index is 291. The first-order valence-electron chi connectivity index (χ1n) is 5.13. The van der Waals surface area contributed by atoms with Gasteiger partial charge in [0.05, 0.1) is 13.7 Å². The van der Waals surface area contributed by atoms with Gasteiger partial charge < -0.3 is 9.47 Å². The first-order chi connectivity index (χ1) is 7.52. The van der Waals surface area contributed by atoms with Crippen LogP contribution in [0.4, 0.5) is 0 Å². The number of methoxy groups -OCH3 is 1. The minimum Gasteiger partial charge on any atom is -0.466 e. The predicted molar refractivity (Wildman–Crippen MR) is 60.8 cm³/mol. The van der Waals surface area contributed by atoms with E-state index in [0.29, 0.717) is 6.61 Å². The summed E-state index contributed by atoms with van der Waals surface area (Å²) in [5.41, 5.74) is 0.409. The summed E-state index contributed by atoms with van der Waals surface area (Å²) in [6.07, 6.45) is 1.85. The lowest BCUT2D eigenvalue weighted by Gasteiger charge is -2.07. The maximum Gasteiger partial charge on any atom is 0.333 e. The summed E-state index contributed by atoms with van der Waals surface area (Å²) in [4.78, 5) is 22.4. The molecule has 0 saturated carbocycles. The third-order valence-electron chi connectivity index (χ3n) is 1.92. The number of hydrogen-bond donors (Lipinski definition) is 0. The van der Waals surface area contributed by atoms with Gasteiger partial charge in [-0.1, -0.05) is 26.5 Å². The summed E-state index contributed by atoms with van der Waals surface area (Å²) in [5, 5.41) is 0. The van der Waals surface area contributed by atoms with Gasteiger partial charge in [-0.2, -0.15) is 0 Å². The van der Waals surface area contributed by atoms with Crippen LogP contribution in [0.3, 0.4) is 0 Å². The van der Waals surface area contributed by atoms with E-state index in [1.807, 2.05) is 6.92 Å². The molecule has 0 fully saturated rings. The van der Waals surface area contributed by atoms with Gasteiger partial charge in [0.15, 0.2) is 0 Å². The Morgan fingerprint density at radius 2 is 1.69 bits per heavy atom. The van der Waals surface area contributed by atoms with E-state index in [1.165, 1.54) is 7.11 Å². The maximum atomic E-state index is 11.3. The highest BCUT2D eigenvalue weighted by molar-refractivity contribution is 5.93. The van der Waals surface area contributed by atoms with Crippen molar-refractivity contribution in [3.8, 4) is 0 Å². The van der Waals surface area contributed by atoms with Crippen molar-refractivity contribution in [2.75, 3.05) is 13.7 Å². The molecule has 0 aromatic heterocycles. The molecular weight excluding hydrogens is 208 g/mol. The van der Waals surface area contributed by atoms with Crippen molar-refractivity contribution in [2.24, 2.45) is 0 Å². The minimum absolute atomic E-state index is 0.0810. The zero-order valence-corrected chi connectivity index (χ0v) is 9.88. The fourth-order valence-corrected chi connectivity index (χ4v) is 0.958. The predicted octanol–water partition coefficient (Wildman–Crippen LogP) is 2.01. The van der Waals surface area contributed by atoms with Gasteiger partial charge in [-0.3, -0.25) is 0 Å². The van der Waals surface area contributed by atoms with Crippen molar-refractivity contribution in [3.63, 3.8) is 0 Å². The zero-order valence-electron chi connectivity index (χ0n) is 9.88. The molecule has 0 aliphatic rings. The Labute approximate surface area is 95.9 Å². The number of unbranched alkanes of at least 4 members (excludes halogenated alkanes) is 1. The van der Waals surface area contributed by atoms with Crippen molar-refractivity contribution in [1.29, 1.82) is 0 Å². The van der Waals surface area contributed by atoms with Gasteiger partial charge in [0, 0.05) is 17.6 Å². The van der Waals surface area contributed by atoms with E-state index in [9.17, 15) is 9.59 Å². The lowest BCUT2D eigenvalue weighted by molar-refractivity contribution is -0.139. The smallest absolute Gasteiger partial charge is 0.333 e. The molecule has 4 heteroatoms. The molecule has 0 aliphatic carbocycles. The Morgan fingerprint density at radius 3 is 2.19 bits per heavy atom. The molecular formula is C12H18O4. The van der Waals surface area contributed by atoms with E-state index in [-0.39, 0.29) is 17.6 Å². The summed E-state index contributed by atoms with van der Waals surface area (Å²) in [7, 11) is 1.26. The van der Waals surface area contributed by atoms with Gasteiger partial charge in [0.25, 0.3) is 0 Å². The van der Waals surface area contributed by atoms with Crippen LogP contribution in [-0.2, 0) is 19.1 Å². The third-order valence-corrected chi connectivity index (χ3v) is 1.92. The largest absolute Gasteiger partial charge is 0.466 e. The van der Waals surface area contributed by atoms with Gasteiger partial charge in [-0.05, 0) is 6.42 Å². The van der Waals surface area contributed by atoms with Gasteiger partial charge in [-0.15, -0.1) is 0 Å². The second-order valence-electron chi connectivity index (χ2n) is 3.36. The molecule has 0 aliphatic heterocycles. The van der Waals surface area contributed by atoms with Crippen LogP contribution in [0.2, 0.25) is 0 Å². The first-order valence-corrected chi connectivity index (χ1v) is 5.13. The van der Waals surface area contributed by atoms with Crippen LogP contribution in [0.5, 0.6) is 0 Å². The van der Waals surface area contributed by atoms with Crippen LogP contribution in [-0.4, -0.2) is 25.7 Å². The van der Waals surface area contributed by atoms with Crippen LogP contribution in [0.1, 0.15) is 26.2 Å². The fourth-order valence-electron chi connectivity index (χ4n) is 0.958. The van der Waals surface area contributed by atoms with E-state index >= 15 is 0 Å². The average Bonchev–Trinajstić information content (AvgIpc) is 2.27. The first kappa shape index (κ1) is 14.4. The van der Waals surface area contributed by atoms with Crippen LogP contribution < -0.4 is 0 Å². The molecule has 0 amide bonds. The third kappa shape index (κ3) is 5.34. The normalized spacial score (nSPS) is 9.38. The van der Waals surface area contributed by atoms with Gasteiger partial charge in [0.2, 0.25) is 0 Å². The number of rotatable bonds is 7. The number of esters is 2. The molecule has 0 spiro atoms. The molecule has 0 bridgehead atoms. The van der Waals surface area contributed by atoms with Crippen LogP contribution in [0, 0.1) is 0 Å². The summed E-state index contributed by atoms with van der Waals surface area (Å²) in [6.45, 7) is 9.42. The number of hydrogen-bond acceptors (Lipinski definition) is 4. The van der Waals surface area contributed by atoms with Crippen molar-refractivity contribution in [1.82, 2.24) is 0 Å². The number of carbonyl (C=O) groups excluding carboxylic acids is 2. The van der Waals surface area contributed by atoms with E-state index in [0.717, 1.165) is 12.8 Å². The van der Waals surface area contributed by atoms with Crippen molar-refractivity contribution in [3.05, 3.63) is 24.3 Å². The molecule has 90 valence electrons. The molecule has 0 saturated heterocycles. The van der Waals surface area contributed by atoms with Gasteiger partial charge >= 0.3 is 11.9 Å². The summed E-state index contributed by atoms with van der Waals surface area (Å²) >= 11 is 0. The summed E-state index contributed by atoms with van der Waals surface area (Å²) in [5.74, 6) is -1.03. The Morgan fingerprint density at radius 1 is 1.12 bits per heavy atom. The molecule has 0 N–H and O–H groups in total. The lowest BCUT2D eigenvalue weighted by Crippen LogP contribution is -2.11. The van der Waals surface area contributed by atoms with Gasteiger partial charge in [0.1, 0.15) is 0 Å². The molecule has 16 heavy (non-hydrogen) atoms. The number of carbonyl (C=O) groups is 2. The Balaban J connectivity index is 4.01. The Hall–Kier alpha value is -1.58. The lowest BCUT2D eigenvalue weighted by atomic mass is 10.1. The number of ether oxygens (including phenoxy) is 2. The SMILES string of the molecule is C=C(CC(=C)C(=O)OCCCC)C(=O)OC. The van der Waals surface area contributed by atoms with Gasteiger partial charge in [-0.25, -0.2) is 9.59 Å². The highest BCUT2D eigenvalue weighted by Gasteiger charge is 2.14. The van der Waals surface area contributed by atoms with Crippen LogP contribution >= 0.6 is 0 Å². The quantitative estimate of drug-likeness (QED) is 0.378. The minimum atomic E-state index is -0.539. The van der Waals surface area contributed by atoms with E-state index in [4.69, 9.17) is 4.74 Å². The molecule has 0 unspecified atom stereocenters. The average molecular weight is 226 g/mol. The molecule has 0 aromatic rings. The second kappa shape index (κ2) is 7.68. The molecule has 0 radical (unpaired) electrons. The molecule has 0 rings (SSSR count).